The molecule has 2 nitrogen and oxygen atoms in total. The Kier molecular flexibility index (Phi) is 9.57. The van der Waals surface area contributed by atoms with E-state index in [2.05, 4.69) is 37.8 Å². The van der Waals surface area contributed by atoms with Crippen LogP contribution in [0.1, 0.15) is 13.3 Å². The van der Waals surface area contributed by atoms with E-state index in [1.807, 2.05) is 11.8 Å². The molecule has 0 unspecified atom stereocenters. The van der Waals surface area contributed by atoms with Gasteiger partial charge in [-0.3, -0.25) is 0 Å². The predicted octanol–water partition coefficient (Wildman–Crippen LogP) is 1.84. The Labute approximate surface area is 93.1 Å². The molecule has 0 radical (unpaired) electrons. The average Bonchev–Trinajstić information content (AvgIpc) is 2.13. The largest absolute Gasteiger partial charge is 0.313 e. The van der Waals surface area contributed by atoms with E-state index in [1.54, 1.807) is 0 Å². The molecule has 14 heavy (non-hydrogen) atoms. The standard InChI is InChI=1S/C11H24N2S/c1-5-6-12-9-11(2)10-14-8-7-13(3)4/h12H,2,5-10H2,1,3-4H3. The van der Waals surface area contributed by atoms with Crippen LogP contribution < -0.4 is 5.32 Å². The van der Waals surface area contributed by atoms with Crippen LogP contribution in [0.2, 0.25) is 0 Å². The zero-order valence-electron chi connectivity index (χ0n) is 9.81. The van der Waals surface area contributed by atoms with Gasteiger partial charge in [-0.1, -0.05) is 19.1 Å². The van der Waals surface area contributed by atoms with Crippen LogP contribution in [-0.4, -0.2) is 50.1 Å². The van der Waals surface area contributed by atoms with Crippen molar-refractivity contribution in [1.29, 1.82) is 0 Å². The van der Waals surface area contributed by atoms with Gasteiger partial charge in [0.2, 0.25) is 0 Å². The number of hydrogen-bond acceptors (Lipinski definition) is 3. The molecule has 0 heterocycles. The minimum absolute atomic E-state index is 0.975. The maximum Gasteiger partial charge on any atom is 0.0170 e. The van der Waals surface area contributed by atoms with Gasteiger partial charge in [-0.25, -0.2) is 0 Å². The van der Waals surface area contributed by atoms with Crippen LogP contribution in [0.25, 0.3) is 0 Å². The van der Waals surface area contributed by atoms with Gasteiger partial charge in [0.1, 0.15) is 0 Å². The molecule has 0 bridgehead atoms. The molecule has 0 rings (SSSR count). The molecular weight excluding hydrogens is 192 g/mol. The smallest absolute Gasteiger partial charge is 0.0170 e. The fourth-order valence-corrected chi connectivity index (χ4v) is 1.99. The van der Waals surface area contributed by atoms with Gasteiger partial charge in [-0.05, 0) is 27.1 Å². The summed E-state index contributed by atoms with van der Waals surface area (Å²) in [7, 11) is 4.22. The molecular formula is C11H24N2S. The Morgan fingerprint density at radius 3 is 2.71 bits per heavy atom. The lowest BCUT2D eigenvalue weighted by atomic mass is 10.3. The van der Waals surface area contributed by atoms with Crippen molar-refractivity contribution in [3.05, 3.63) is 12.2 Å². The Hall–Kier alpha value is 0.01000. The zero-order valence-corrected chi connectivity index (χ0v) is 10.6. The number of rotatable bonds is 9. The van der Waals surface area contributed by atoms with Gasteiger partial charge in [0, 0.05) is 24.6 Å². The molecule has 0 atom stereocenters. The second-order valence-electron chi connectivity index (χ2n) is 3.78. The van der Waals surface area contributed by atoms with Crippen molar-refractivity contribution in [3.8, 4) is 0 Å². The summed E-state index contributed by atoms with van der Waals surface area (Å²) < 4.78 is 0. The van der Waals surface area contributed by atoms with Crippen molar-refractivity contribution < 1.29 is 0 Å². The molecule has 0 aromatic carbocycles. The highest BCUT2D eigenvalue weighted by Gasteiger charge is 1.95. The van der Waals surface area contributed by atoms with Crippen LogP contribution in [0, 0.1) is 0 Å². The van der Waals surface area contributed by atoms with Crippen LogP contribution in [-0.2, 0) is 0 Å². The quantitative estimate of drug-likeness (QED) is 0.468. The van der Waals surface area contributed by atoms with E-state index < -0.39 is 0 Å². The zero-order chi connectivity index (χ0) is 10.8. The SMILES string of the molecule is C=C(CNCCC)CSCCN(C)C. The van der Waals surface area contributed by atoms with E-state index in [1.165, 1.54) is 17.7 Å². The number of nitrogens with zero attached hydrogens (tertiary/aromatic N) is 1. The summed E-state index contributed by atoms with van der Waals surface area (Å²) in [5.74, 6) is 2.28. The summed E-state index contributed by atoms with van der Waals surface area (Å²) in [5.41, 5.74) is 1.31. The van der Waals surface area contributed by atoms with Gasteiger partial charge in [0.25, 0.3) is 0 Å². The molecule has 3 heteroatoms. The number of thioether (sulfide) groups is 1. The van der Waals surface area contributed by atoms with Crippen molar-refractivity contribution in [2.45, 2.75) is 13.3 Å². The van der Waals surface area contributed by atoms with Crippen LogP contribution in [0.4, 0.5) is 0 Å². The van der Waals surface area contributed by atoms with Gasteiger partial charge in [0.05, 0.1) is 0 Å². The third-order valence-electron chi connectivity index (χ3n) is 1.79. The minimum atomic E-state index is 0.975. The third kappa shape index (κ3) is 10.1. The first-order valence-electron chi connectivity index (χ1n) is 5.26. The Morgan fingerprint density at radius 2 is 2.14 bits per heavy atom. The van der Waals surface area contributed by atoms with E-state index in [9.17, 15) is 0 Å². The van der Waals surface area contributed by atoms with E-state index >= 15 is 0 Å². The highest BCUT2D eigenvalue weighted by atomic mass is 32.2. The van der Waals surface area contributed by atoms with E-state index in [0.29, 0.717) is 0 Å². The normalized spacial score (nSPS) is 10.9. The van der Waals surface area contributed by atoms with Crippen LogP contribution in [0.5, 0.6) is 0 Å². The lowest BCUT2D eigenvalue weighted by molar-refractivity contribution is 0.437. The van der Waals surface area contributed by atoms with Crippen LogP contribution in [0.3, 0.4) is 0 Å². The molecule has 1 N–H and O–H groups in total. The Balaban J connectivity index is 3.18. The molecule has 0 aromatic heterocycles. The van der Waals surface area contributed by atoms with Gasteiger partial charge in [-0.15, -0.1) is 0 Å². The lowest BCUT2D eigenvalue weighted by Crippen LogP contribution is -2.19. The van der Waals surface area contributed by atoms with Crippen LogP contribution in [0.15, 0.2) is 12.2 Å². The maximum atomic E-state index is 4.05. The van der Waals surface area contributed by atoms with Crippen LogP contribution >= 0.6 is 11.8 Å². The summed E-state index contributed by atoms with van der Waals surface area (Å²) in [6.07, 6.45) is 1.20. The molecule has 0 saturated carbocycles. The average molecular weight is 216 g/mol. The lowest BCUT2D eigenvalue weighted by Gasteiger charge is -2.10. The van der Waals surface area contributed by atoms with Gasteiger partial charge >= 0.3 is 0 Å². The second-order valence-corrected chi connectivity index (χ2v) is 4.89. The summed E-state index contributed by atoms with van der Waals surface area (Å²) in [6, 6.07) is 0. The Morgan fingerprint density at radius 1 is 1.43 bits per heavy atom. The van der Waals surface area contributed by atoms with E-state index in [0.717, 1.165) is 25.4 Å². The molecule has 0 saturated heterocycles. The first-order chi connectivity index (χ1) is 6.66. The van der Waals surface area contributed by atoms with Gasteiger partial charge in [0.15, 0.2) is 0 Å². The highest BCUT2D eigenvalue weighted by Crippen LogP contribution is 2.05. The van der Waals surface area contributed by atoms with E-state index in [-0.39, 0.29) is 0 Å². The van der Waals surface area contributed by atoms with Crippen molar-refractivity contribution >= 4 is 11.8 Å². The minimum Gasteiger partial charge on any atom is -0.313 e. The van der Waals surface area contributed by atoms with Crippen molar-refractivity contribution in [2.24, 2.45) is 0 Å². The topological polar surface area (TPSA) is 15.3 Å². The van der Waals surface area contributed by atoms with Crippen molar-refractivity contribution in [2.75, 3.05) is 45.2 Å². The molecule has 0 aliphatic carbocycles. The fourth-order valence-electron chi connectivity index (χ4n) is 0.957. The summed E-state index contributed by atoms with van der Waals surface area (Å²) in [4.78, 5) is 2.21. The van der Waals surface area contributed by atoms with Crippen molar-refractivity contribution in [3.63, 3.8) is 0 Å². The fraction of sp³-hybridized carbons (Fsp3) is 0.818. The molecule has 0 aromatic rings. The maximum absolute atomic E-state index is 4.05. The van der Waals surface area contributed by atoms with E-state index in [4.69, 9.17) is 0 Å². The molecule has 0 spiro atoms. The highest BCUT2D eigenvalue weighted by molar-refractivity contribution is 7.99. The first kappa shape index (κ1) is 14.0. The Bertz CT molecular complexity index is 146. The van der Waals surface area contributed by atoms with Crippen molar-refractivity contribution in [1.82, 2.24) is 10.2 Å². The first-order valence-corrected chi connectivity index (χ1v) is 6.42. The molecule has 0 aliphatic heterocycles. The molecule has 84 valence electrons. The van der Waals surface area contributed by atoms with Gasteiger partial charge in [-0.2, -0.15) is 11.8 Å². The third-order valence-corrected chi connectivity index (χ3v) is 2.87. The summed E-state index contributed by atoms with van der Waals surface area (Å²) in [6.45, 7) is 9.46. The molecule has 0 fully saturated rings. The predicted molar refractivity (Wildman–Crippen MR) is 68.2 cm³/mol. The summed E-state index contributed by atoms with van der Waals surface area (Å²) >= 11 is 1.97. The van der Waals surface area contributed by atoms with Gasteiger partial charge < -0.3 is 10.2 Å². The molecule has 0 amide bonds. The number of nitrogens with one attached hydrogen (secondary N) is 1. The number of hydrogen-bond donors (Lipinski definition) is 1. The monoisotopic (exact) mass is 216 g/mol. The molecule has 0 aliphatic rings. The summed E-state index contributed by atoms with van der Waals surface area (Å²) in [5, 5.41) is 3.36. The second kappa shape index (κ2) is 9.56.